The molecule has 118 valence electrons. The van der Waals surface area contributed by atoms with E-state index in [9.17, 15) is 15.4 Å². The fourth-order valence-electron chi connectivity index (χ4n) is 2.75. The molecule has 0 saturated heterocycles. The monoisotopic (exact) mass is 335 g/mol. The van der Waals surface area contributed by atoms with E-state index in [1.54, 1.807) is 12.1 Å². The van der Waals surface area contributed by atoms with Crippen LogP contribution in [0, 0.1) is 27.4 Å². The van der Waals surface area contributed by atoms with Crippen LogP contribution in [0.3, 0.4) is 0 Å². The summed E-state index contributed by atoms with van der Waals surface area (Å²) in [5, 5.41) is 23.6. The lowest BCUT2D eigenvalue weighted by Crippen LogP contribution is -2.35. The zero-order chi connectivity index (χ0) is 17.1. The van der Waals surface area contributed by atoms with Gasteiger partial charge in [0.05, 0.1) is 16.0 Å². The van der Waals surface area contributed by atoms with Crippen molar-refractivity contribution in [2.24, 2.45) is 5.92 Å². The van der Waals surface area contributed by atoms with Crippen molar-refractivity contribution in [1.29, 1.82) is 5.26 Å². The summed E-state index contributed by atoms with van der Waals surface area (Å²) >= 11 is 5.36. The topological polar surface area (TPSA) is 79.0 Å². The van der Waals surface area contributed by atoms with E-state index in [-0.39, 0.29) is 11.6 Å². The molecule has 0 aliphatic carbocycles. The van der Waals surface area contributed by atoms with Gasteiger partial charge in [0.2, 0.25) is 0 Å². The van der Waals surface area contributed by atoms with Crippen molar-refractivity contribution in [3.05, 3.63) is 81.9 Å². The molecule has 0 saturated carbocycles. The number of non-ortho nitro benzene ring substituents is 1. The molecule has 0 bridgehead atoms. The SMILES string of the molecule is N#CC1C(=S)NC(c2ccccc2)=CC1c1cccc([N+](=O)[O-])c1. The van der Waals surface area contributed by atoms with Gasteiger partial charge in [0, 0.05) is 23.7 Å². The van der Waals surface area contributed by atoms with Crippen LogP contribution in [0.5, 0.6) is 0 Å². The lowest BCUT2D eigenvalue weighted by atomic mass is 9.82. The number of nitro benzene ring substituents is 1. The minimum atomic E-state index is -0.561. The summed E-state index contributed by atoms with van der Waals surface area (Å²) in [4.78, 5) is 11.0. The highest BCUT2D eigenvalue weighted by molar-refractivity contribution is 7.80. The highest BCUT2D eigenvalue weighted by Crippen LogP contribution is 2.34. The first kappa shape index (κ1) is 15.8. The second-order valence-electron chi connectivity index (χ2n) is 5.42. The molecule has 5 nitrogen and oxygen atoms in total. The average Bonchev–Trinajstić information content (AvgIpc) is 2.62. The minimum absolute atomic E-state index is 0.00306. The van der Waals surface area contributed by atoms with Crippen LogP contribution < -0.4 is 5.32 Å². The van der Waals surface area contributed by atoms with Crippen molar-refractivity contribution in [1.82, 2.24) is 5.32 Å². The summed E-state index contributed by atoms with van der Waals surface area (Å²) in [5.41, 5.74) is 2.46. The number of thiocarbonyl (C=S) groups is 1. The molecule has 0 amide bonds. The lowest BCUT2D eigenvalue weighted by Gasteiger charge is -2.28. The molecule has 2 atom stereocenters. The van der Waals surface area contributed by atoms with Gasteiger partial charge in [-0.05, 0) is 11.1 Å². The molecule has 0 fully saturated rings. The largest absolute Gasteiger partial charge is 0.349 e. The molecule has 2 unspecified atom stereocenters. The molecule has 1 N–H and O–H groups in total. The summed E-state index contributed by atoms with van der Waals surface area (Å²) in [5.74, 6) is -0.895. The van der Waals surface area contributed by atoms with Gasteiger partial charge in [-0.1, -0.05) is 60.8 Å². The van der Waals surface area contributed by atoms with Gasteiger partial charge in [0.15, 0.2) is 0 Å². The predicted octanol–water partition coefficient (Wildman–Crippen LogP) is 3.79. The van der Waals surface area contributed by atoms with Gasteiger partial charge in [0.1, 0.15) is 5.92 Å². The number of allylic oxidation sites excluding steroid dienone is 1. The van der Waals surface area contributed by atoms with E-state index in [0.29, 0.717) is 10.6 Å². The maximum Gasteiger partial charge on any atom is 0.269 e. The average molecular weight is 335 g/mol. The normalized spacial score (nSPS) is 19.8. The predicted molar refractivity (Wildman–Crippen MR) is 95.1 cm³/mol. The zero-order valence-corrected chi connectivity index (χ0v) is 13.4. The second-order valence-corrected chi connectivity index (χ2v) is 5.86. The van der Waals surface area contributed by atoms with Crippen LogP contribution >= 0.6 is 12.2 Å². The molecular formula is C18H13N3O2S. The van der Waals surface area contributed by atoms with Crippen LogP contribution in [-0.4, -0.2) is 9.91 Å². The van der Waals surface area contributed by atoms with E-state index in [4.69, 9.17) is 12.2 Å². The van der Waals surface area contributed by atoms with E-state index < -0.39 is 10.8 Å². The van der Waals surface area contributed by atoms with Crippen molar-refractivity contribution < 1.29 is 4.92 Å². The van der Waals surface area contributed by atoms with Crippen LogP contribution in [0.15, 0.2) is 60.7 Å². The Morgan fingerprint density at radius 1 is 1.17 bits per heavy atom. The number of nitro groups is 1. The summed E-state index contributed by atoms with van der Waals surface area (Å²) < 4.78 is 0. The van der Waals surface area contributed by atoms with E-state index in [0.717, 1.165) is 11.3 Å². The van der Waals surface area contributed by atoms with Crippen LogP contribution in [0.1, 0.15) is 17.0 Å². The van der Waals surface area contributed by atoms with Crippen LogP contribution in [0.25, 0.3) is 5.70 Å². The third-order valence-electron chi connectivity index (χ3n) is 3.94. The molecule has 1 heterocycles. The fraction of sp³-hybridized carbons (Fsp3) is 0.111. The Labute approximate surface area is 144 Å². The van der Waals surface area contributed by atoms with E-state index >= 15 is 0 Å². The van der Waals surface area contributed by atoms with Crippen molar-refractivity contribution in [3.63, 3.8) is 0 Å². The molecule has 2 aromatic rings. The van der Waals surface area contributed by atoms with E-state index in [1.165, 1.54) is 12.1 Å². The van der Waals surface area contributed by atoms with Gasteiger partial charge >= 0.3 is 0 Å². The number of rotatable bonds is 3. The van der Waals surface area contributed by atoms with Crippen LogP contribution in [0.4, 0.5) is 5.69 Å². The maximum atomic E-state index is 11.0. The zero-order valence-electron chi connectivity index (χ0n) is 12.5. The van der Waals surface area contributed by atoms with Crippen LogP contribution in [-0.2, 0) is 0 Å². The number of nitrogens with zero attached hydrogens (tertiary/aromatic N) is 2. The Morgan fingerprint density at radius 2 is 1.92 bits per heavy atom. The van der Waals surface area contributed by atoms with Gasteiger partial charge in [0.25, 0.3) is 5.69 Å². The highest BCUT2D eigenvalue weighted by atomic mass is 32.1. The Morgan fingerprint density at radius 3 is 2.58 bits per heavy atom. The quantitative estimate of drug-likeness (QED) is 0.524. The molecule has 1 aliphatic heterocycles. The third kappa shape index (κ3) is 3.03. The molecule has 6 heteroatoms. The first-order valence-electron chi connectivity index (χ1n) is 7.32. The molecule has 1 aliphatic rings. The third-order valence-corrected chi connectivity index (χ3v) is 4.29. The number of hydrogen-bond acceptors (Lipinski definition) is 4. The van der Waals surface area contributed by atoms with Gasteiger partial charge in [-0.2, -0.15) is 5.26 Å². The molecule has 3 rings (SSSR count). The standard InChI is InChI=1S/C18H13N3O2S/c19-11-16-15(13-7-4-8-14(9-13)21(22)23)10-17(20-18(16)24)12-5-2-1-3-6-12/h1-10,15-16H,(H,20,24). The molecule has 0 radical (unpaired) electrons. The summed E-state index contributed by atoms with van der Waals surface area (Å²) in [7, 11) is 0. The Hall–Kier alpha value is -3.04. The fourth-order valence-corrected chi connectivity index (χ4v) is 3.06. The van der Waals surface area contributed by atoms with Gasteiger partial charge < -0.3 is 5.32 Å². The number of nitrogens with one attached hydrogen (secondary N) is 1. The number of nitriles is 1. The van der Waals surface area contributed by atoms with Crippen molar-refractivity contribution >= 4 is 28.6 Å². The van der Waals surface area contributed by atoms with Crippen molar-refractivity contribution in [2.45, 2.75) is 5.92 Å². The first-order chi connectivity index (χ1) is 11.6. The van der Waals surface area contributed by atoms with Crippen molar-refractivity contribution in [3.8, 4) is 6.07 Å². The summed E-state index contributed by atoms with van der Waals surface area (Å²) in [6, 6.07) is 18.2. The highest BCUT2D eigenvalue weighted by Gasteiger charge is 2.31. The Bertz CT molecular complexity index is 871. The maximum absolute atomic E-state index is 11.0. The smallest absolute Gasteiger partial charge is 0.269 e. The Kier molecular flexibility index (Phi) is 4.36. The number of benzene rings is 2. The van der Waals surface area contributed by atoms with Crippen molar-refractivity contribution in [2.75, 3.05) is 0 Å². The van der Waals surface area contributed by atoms with Gasteiger partial charge in [-0.15, -0.1) is 0 Å². The minimum Gasteiger partial charge on any atom is -0.349 e. The van der Waals surface area contributed by atoms with Crippen LogP contribution in [0.2, 0.25) is 0 Å². The molecule has 24 heavy (non-hydrogen) atoms. The lowest BCUT2D eigenvalue weighted by molar-refractivity contribution is -0.384. The van der Waals surface area contributed by atoms with E-state index in [1.807, 2.05) is 36.4 Å². The molecular weight excluding hydrogens is 322 g/mol. The molecule has 2 aromatic carbocycles. The second kappa shape index (κ2) is 6.60. The molecule has 0 aromatic heterocycles. The number of hydrogen-bond donors (Lipinski definition) is 1. The van der Waals surface area contributed by atoms with E-state index in [2.05, 4.69) is 11.4 Å². The van der Waals surface area contributed by atoms with Gasteiger partial charge in [-0.3, -0.25) is 10.1 Å². The Balaban J connectivity index is 2.08. The summed E-state index contributed by atoms with van der Waals surface area (Å²) in [6.07, 6.45) is 1.91. The summed E-state index contributed by atoms with van der Waals surface area (Å²) in [6.45, 7) is 0. The first-order valence-corrected chi connectivity index (χ1v) is 7.73. The molecule has 0 spiro atoms. The van der Waals surface area contributed by atoms with Gasteiger partial charge in [-0.25, -0.2) is 0 Å².